The van der Waals surface area contributed by atoms with E-state index in [2.05, 4.69) is 5.32 Å². The van der Waals surface area contributed by atoms with Gasteiger partial charge in [0, 0.05) is 12.1 Å². The normalized spacial score (nSPS) is 11.7. The van der Waals surface area contributed by atoms with Crippen molar-refractivity contribution < 1.29 is 18.0 Å². The Kier molecular flexibility index (Phi) is 7.19. The van der Waals surface area contributed by atoms with Crippen LogP contribution in [0.3, 0.4) is 0 Å². The van der Waals surface area contributed by atoms with Gasteiger partial charge >= 0.3 is 6.18 Å². The zero-order valence-electron chi connectivity index (χ0n) is 12.0. The molecule has 0 aromatic heterocycles. The SMILES string of the molecule is CCC(CC)(CN)NC(=O)c1cccc(C(F)(F)F)c1.Cl. The maximum atomic E-state index is 12.6. The minimum absolute atomic E-state index is 0. The molecular weight excluding hydrogens is 305 g/mol. The Morgan fingerprint density at radius 3 is 2.24 bits per heavy atom. The Hall–Kier alpha value is -1.27. The molecule has 0 heterocycles. The molecule has 0 spiro atoms. The van der Waals surface area contributed by atoms with Gasteiger partial charge in [0.05, 0.1) is 11.1 Å². The Labute approximate surface area is 128 Å². The third kappa shape index (κ3) is 4.89. The lowest BCUT2D eigenvalue weighted by Crippen LogP contribution is -2.52. The minimum Gasteiger partial charge on any atom is -0.345 e. The summed E-state index contributed by atoms with van der Waals surface area (Å²) in [6, 6.07) is 4.37. The van der Waals surface area contributed by atoms with Crippen LogP contribution in [0.4, 0.5) is 13.2 Å². The summed E-state index contributed by atoms with van der Waals surface area (Å²) in [6.07, 6.45) is -3.23. The summed E-state index contributed by atoms with van der Waals surface area (Å²) in [5.41, 5.74) is 4.23. The highest BCUT2D eigenvalue weighted by molar-refractivity contribution is 5.94. The number of amides is 1. The summed E-state index contributed by atoms with van der Waals surface area (Å²) in [6.45, 7) is 4.00. The van der Waals surface area contributed by atoms with Gasteiger partial charge in [0.1, 0.15) is 0 Å². The van der Waals surface area contributed by atoms with Gasteiger partial charge in [-0.25, -0.2) is 0 Å². The van der Waals surface area contributed by atoms with Gasteiger partial charge in [-0.1, -0.05) is 19.9 Å². The summed E-state index contributed by atoms with van der Waals surface area (Å²) >= 11 is 0. The van der Waals surface area contributed by atoms with Crippen LogP contribution in [0.15, 0.2) is 24.3 Å². The van der Waals surface area contributed by atoms with E-state index in [-0.39, 0.29) is 24.5 Å². The van der Waals surface area contributed by atoms with E-state index in [1.165, 1.54) is 12.1 Å². The first-order chi connectivity index (χ1) is 9.28. The van der Waals surface area contributed by atoms with Crippen molar-refractivity contribution in [3.8, 4) is 0 Å². The van der Waals surface area contributed by atoms with Crippen LogP contribution in [0.1, 0.15) is 42.6 Å². The van der Waals surface area contributed by atoms with Crippen LogP contribution in [-0.2, 0) is 6.18 Å². The lowest BCUT2D eigenvalue weighted by atomic mass is 9.92. The van der Waals surface area contributed by atoms with Crippen molar-refractivity contribution in [2.24, 2.45) is 5.73 Å². The Morgan fingerprint density at radius 2 is 1.81 bits per heavy atom. The smallest absolute Gasteiger partial charge is 0.345 e. The third-order valence-corrected chi connectivity index (χ3v) is 3.58. The molecule has 3 nitrogen and oxygen atoms in total. The van der Waals surface area contributed by atoms with Crippen molar-refractivity contribution >= 4 is 18.3 Å². The van der Waals surface area contributed by atoms with Crippen LogP contribution in [0, 0.1) is 0 Å². The highest BCUT2D eigenvalue weighted by atomic mass is 35.5. The number of nitrogens with one attached hydrogen (secondary N) is 1. The number of carbonyl (C=O) groups is 1. The monoisotopic (exact) mass is 324 g/mol. The molecule has 0 fully saturated rings. The third-order valence-electron chi connectivity index (χ3n) is 3.58. The topological polar surface area (TPSA) is 55.1 Å². The molecule has 120 valence electrons. The molecule has 21 heavy (non-hydrogen) atoms. The number of hydrogen-bond acceptors (Lipinski definition) is 2. The predicted molar refractivity (Wildman–Crippen MR) is 78.5 cm³/mol. The van der Waals surface area contributed by atoms with E-state index in [1.807, 2.05) is 13.8 Å². The van der Waals surface area contributed by atoms with Gasteiger partial charge in [0.15, 0.2) is 0 Å². The van der Waals surface area contributed by atoms with Crippen LogP contribution in [0.2, 0.25) is 0 Å². The molecule has 0 atom stereocenters. The van der Waals surface area contributed by atoms with Crippen molar-refractivity contribution in [1.29, 1.82) is 0 Å². The number of nitrogens with two attached hydrogens (primary N) is 1. The number of carbonyl (C=O) groups excluding carboxylic acids is 1. The molecule has 1 amide bonds. The van der Waals surface area contributed by atoms with E-state index in [4.69, 9.17) is 5.73 Å². The first-order valence-electron chi connectivity index (χ1n) is 6.48. The number of hydrogen-bond donors (Lipinski definition) is 2. The van der Waals surface area contributed by atoms with Crippen molar-refractivity contribution in [2.45, 2.75) is 38.4 Å². The lowest BCUT2D eigenvalue weighted by Gasteiger charge is -2.31. The molecule has 0 aliphatic carbocycles. The number of benzene rings is 1. The fourth-order valence-electron chi connectivity index (χ4n) is 1.92. The zero-order chi connectivity index (χ0) is 15.4. The molecule has 0 aliphatic heterocycles. The van der Waals surface area contributed by atoms with Gasteiger partial charge in [-0.15, -0.1) is 12.4 Å². The van der Waals surface area contributed by atoms with Crippen LogP contribution >= 0.6 is 12.4 Å². The first kappa shape index (κ1) is 19.7. The zero-order valence-corrected chi connectivity index (χ0v) is 12.8. The maximum absolute atomic E-state index is 12.6. The van der Waals surface area contributed by atoms with Crippen molar-refractivity contribution in [3.63, 3.8) is 0 Å². The molecule has 0 bridgehead atoms. The fourth-order valence-corrected chi connectivity index (χ4v) is 1.92. The lowest BCUT2D eigenvalue weighted by molar-refractivity contribution is -0.137. The summed E-state index contributed by atoms with van der Waals surface area (Å²) in [4.78, 5) is 12.1. The van der Waals surface area contributed by atoms with Gasteiger partial charge in [0.2, 0.25) is 0 Å². The van der Waals surface area contributed by atoms with Crippen LogP contribution in [0.5, 0.6) is 0 Å². The molecule has 3 N–H and O–H groups in total. The standard InChI is InChI=1S/C14H19F3N2O.ClH/c1-3-13(4-2,9-18)19-12(20)10-6-5-7-11(8-10)14(15,16)17;/h5-8H,3-4,9,18H2,1-2H3,(H,19,20);1H. The highest BCUT2D eigenvalue weighted by Gasteiger charge is 2.32. The molecule has 1 rings (SSSR count). The van der Waals surface area contributed by atoms with Gasteiger partial charge in [-0.05, 0) is 31.0 Å². The van der Waals surface area contributed by atoms with Crippen molar-refractivity contribution in [2.75, 3.05) is 6.54 Å². The van der Waals surface area contributed by atoms with E-state index < -0.39 is 23.2 Å². The molecule has 1 aromatic carbocycles. The quantitative estimate of drug-likeness (QED) is 0.872. The van der Waals surface area contributed by atoms with E-state index in [0.29, 0.717) is 12.8 Å². The van der Waals surface area contributed by atoms with E-state index in [9.17, 15) is 18.0 Å². The Bertz CT molecular complexity index is 465. The van der Waals surface area contributed by atoms with Crippen molar-refractivity contribution in [1.82, 2.24) is 5.32 Å². The summed E-state index contributed by atoms with van der Waals surface area (Å²) in [5, 5.41) is 2.74. The van der Waals surface area contributed by atoms with Gasteiger partial charge in [0.25, 0.3) is 5.91 Å². The summed E-state index contributed by atoms with van der Waals surface area (Å²) < 4.78 is 37.8. The average molecular weight is 325 g/mol. The second kappa shape index (κ2) is 7.66. The number of halogens is 4. The van der Waals surface area contributed by atoms with Gasteiger partial charge in [-0.3, -0.25) is 4.79 Å². The summed E-state index contributed by atoms with van der Waals surface area (Å²) in [5.74, 6) is -0.537. The largest absolute Gasteiger partial charge is 0.416 e. The van der Waals surface area contributed by atoms with E-state index in [0.717, 1.165) is 12.1 Å². The second-order valence-corrected chi connectivity index (χ2v) is 4.72. The molecule has 0 radical (unpaired) electrons. The minimum atomic E-state index is -4.46. The van der Waals surface area contributed by atoms with E-state index in [1.54, 1.807) is 0 Å². The van der Waals surface area contributed by atoms with E-state index >= 15 is 0 Å². The molecule has 0 unspecified atom stereocenters. The predicted octanol–water partition coefficient (Wildman–Crippen LogP) is 3.37. The van der Waals surface area contributed by atoms with Gasteiger partial charge < -0.3 is 11.1 Å². The molecular formula is C14H20ClF3N2O. The second-order valence-electron chi connectivity index (χ2n) is 4.72. The molecule has 0 aliphatic rings. The number of rotatable bonds is 5. The Morgan fingerprint density at radius 1 is 1.24 bits per heavy atom. The number of alkyl halides is 3. The van der Waals surface area contributed by atoms with Crippen LogP contribution < -0.4 is 11.1 Å². The average Bonchev–Trinajstić information content (AvgIpc) is 2.44. The molecule has 0 saturated carbocycles. The first-order valence-corrected chi connectivity index (χ1v) is 6.48. The Balaban J connectivity index is 0.00000400. The molecule has 7 heteroatoms. The summed E-state index contributed by atoms with van der Waals surface area (Å²) in [7, 11) is 0. The van der Waals surface area contributed by atoms with Crippen molar-refractivity contribution in [3.05, 3.63) is 35.4 Å². The maximum Gasteiger partial charge on any atom is 0.416 e. The molecule has 1 aromatic rings. The van der Waals surface area contributed by atoms with Crippen LogP contribution in [0.25, 0.3) is 0 Å². The highest BCUT2D eigenvalue weighted by Crippen LogP contribution is 2.29. The fraction of sp³-hybridized carbons (Fsp3) is 0.500. The molecule has 0 saturated heterocycles. The van der Waals surface area contributed by atoms with Gasteiger partial charge in [-0.2, -0.15) is 13.2 Å². The van der Waals surface area contributed by atoms with Crippen LogP contribution in [-0.4, -0.2) is 18.0 Å².